The predicted molar refractivity (Wildman–Crippen MR) is 83.8 cm³/mol. The molecule has 0 radical (unpaired) electrons. The Kier molecular flexibility index (Phi) is 4.19. The van der Waals surface area contributed by atoms with Gasteiger partial charge >= 0.3 is 0 Å². The van der Waals surface area contributed by atoms with Crippen LogP contribution in [0.25, 0.3) is 0 Å². The van der Waals surface area contributed by atoms with Crippen molar-refractivity contribution < 1.29 is 4.74 Å². The third-order valence-corrected chi connectivity index (χ3v) is 3.83. The number of hydrogen-bond donors (Lipinski definition) is 1. The van der Waals surface area contributed by atoms with Crippen LogP contribution in [0.4, 0.5) is 11.6 Å². The second kappa shape index (κ2) is 6.43. The molecule has 21 heavy (non-hydrogen) atoms. The highest BCUT2D eigenvalue weighted by atomic mass is 16.5. The van der Waals surface area contributed by atoms with Crippen molar-refractivity contribution >= 4 is 11.6 Å². The van der Waals surface area contributed by atoms with Gasteiger partial charge in [-0.2, -0.15) is 0 Å². The van der Waals surface area contributed by atoms with Gasteiger partial charge in [0.15, 0.2) is 0 Å². The Morgan fingerprint density at radius 3 is 2.86 bits per heavy atom. The lowest BCUT2D eigenvalue weighted by Gasteiger charge is -2.21. The molecular weight excluding hydrogens is 264 g/mol. The van der Waals surface area contributed by atoms with E-state index in [9.17, 15) is 0 Å². The fourth-order valence-electron chi connectivity index (χ4n) is 2.74. The predicted octanol–water partition coefficient (Wildman–Crippen LogP) is 2.42. The molecule has 5 heteroatoms. The number of methoxy groups -OCH3 is 1. The topological polar surface area (TPSA) is 50.3 Å². The zero-order valence-corrected chi connectivity index (χ0v) is 12.2. The summed E-state index contributed by atoms with van der Waals surface area (Å²) in [6, 6.07) is 10.0. The van der Waals surface area contributed by atoms with Crippen LogP contribution in [-0.4, -0.2) is 36.7 Å². The summed E-state index contributed by atoms with van der Waals surface area (Å²) in [6.07, 6.45) is 4.67. The van der Waals surface area contributed by atoms with E-state index in [1.54, 1.807) is 19.5 Å². The molecule has 0 bridgehead atoms. The van der Waals surface area contributed by atoms with Gasteiger partial charge in [-0.25, -0.2) is 9.97 Å². The van der Waals surface area contributed by atoms with Gasteiger partial charge in [-0.3, -0.25) is 0 Å². The lowest BCUT2D eigenvalue weighted by atomic mass is 10.1. The lowest BCUT2D eigenvalue weighted by Crippen LogP contribution is -2.23. The summed E-state index contributed by atoms with van der Waals surface area (Å²) in [5.74, 6) is 2.24. The first-order chi connectivity index (χ1) is 10.4. The Morgan fingerprint density at radius 1 is 1.24 bits per heavy atom. The monoisotopic (exact) mass is 284 g/mol. The van der Waals surface area contributed by atoms with E-state index in [1.807, 2.05) is 18.2 Å². The van der Waals surface area contributed by atoms with Crippen molar-refractivity contribution in [1.29, 1.82) is 0 Å². The van der Waals surface area contributed by atoms with Crippen molar-refractivity contribution in [2.45, 2.75) is 6.42 Å². The van der Waals surface area contributed by atoms with E-state index in [1.165, 1.54) is 5.69 Å². The van der Waals surface area contributed by atoms with E-state index >= 15 is 0 Å². The molecule has 1 N–H and O–H groups in total. The number of benzene rings is 1. The Balaban J connectivity index is 1.58. The van der Waals surface area contributed by atoms with Crippen molar-refractivity contribution in [3.05, 3.63) is 42.7 Å². The van der Waals surface area contributed by atoms with Crippen molar-refractivity contribution in [2.75, 3.05) is 37.0 Å². The van der Waals surface area contributed by atoms with Crippen LogP contribution in [0.2, 0.25) is 0 Å². The van der Waals surface area contributed by atoms with E-state index in [4.69, 9.17) is 4.74 Å². The van der Waals surface area contributed by atoms with Crippen molar-refractivity contribution in [3.63, 3.8) is 0 Å². The standard InChI is InChI=1S/C16H20N4O/c1-21-15-6-3-2-5-14(15)20-10-7-13(12-20)11-19-16-17-8-4-9-18-16/h2-6,8-9,13H,7,10-12H2,1H3,(H,17,18,19)/t13-/m1/s1. The number of hydrogen-bond acceptors (Lipinski definition) is 5. The molecule has 2 aromatic rings. The van der Waals surface area contributed by atoms with Gasteiger partial charge in [0.2, 0.25) is 5.95 Å². The summed E-state index contributed by atoms with van der Waals surface area (Å²) in [6.45, 7) is 2.98. The zero-order valence-electron chi connectivity index (χ0n) is 12.2. The summed E-state index contributed by atoms with van der Waals surface area (Å²) < 4.78 is 5.44. The zero-order chi connectivity index (χ0) is 14.5. The average molecular weight is 284 g/mol. The van der Waals surface area contributed by atoms with Crippen molar-refractivity contribution in [2.24, 2.45) is 5.92 Å². The van der Waals surface area contributed by atoms with Crippen LogP contribution in [0, 0.1) is 5.92 Å². The third kappa shape index (κ3) is 3.24. The Morgan fingerprint density at radius 2 is 2.05 bits per heavy atom. The molecule has 0 saturated carbocycles. The van der Waals surface area contributed by atoms with Crippen LogP contribution in [0.1, 0.15) is 6.42 Å². The minimum Gasteiger partial charge on any atom is -0.495 e. The molecule has 0 spiro atoms. The number of rotatable bonds is 5. The van der Waals surface area contributed by atoms with Crippen LogP contribution < -0.4 is 15.0 Å². The highest BCUT2D eigenvalue weighted by Gasteiger charge is 2.24. The highest BCUT2D eigenvalue weighted by Crippen LogP contribution is 2.31. The van der Waals surface area contributed by atoms with Crippen molar-refractivity contribution in [3.8, 4) is 5.75 Å². The van der Waals surface area contributed by atoms with Crippen molar-refractivity contribution in [1.82, 2.24) is 9.97 Å². The fourth-order valence-corrected chi connectivity index (χ4v) is 2.74. The smallest absolute Gasteiger partial charge is 0.222 e. The van der Waals surface area contributed by atoms with Crippen LogP contribution >= 0.6 is 0 Å². The first-order valence-corrected chi connectivity index (χ1v) is 7.25. The summed E-state index contributed by atoms with van der Waals surface area (Å²) in [7, 11) is 1.72. The molecule has 1 saturated heterocycles. The molecule has 110 valence electrons. The van der Waals surface area contributed by atoms with E-state index in [-0.39, 0.29) is 0 Å². The fraction of sp³-hybridized carbons (Fsp3) is 0.375. The molecule has 0 unspecified atom stereocenters. The summed E-state index contributed by atoms with van der Waals surface area (Å²) in [4.78, 5) is 10.8. The van der Waals surface area contributed by atoms with Crippen LogP contribution in [0.3, 0.4) is 0 Å². The maximum absolute atomic E-state index is 5.44. The Bertz CT molecular complexity index is 575. The molecule has 1 aliphatic heterocycles. The Hall–Kier alpha value is -2.30. The van der Waals surface area contributed by atoms with E-state index in [0.29, 0.717) is 11.9 Å². The van der Waals surface area contributed by atoms with Gasteiger partial charge in [0.25, 0.3) is 0 Å². The van der Waals surface area contributed by atoms with Gasteiger partial charge in [0.1, 0.15) is 5.75 Å². The molecule has 1 fully saturated rings. The van der Waals surface area contributed by atoms with Crippen LogP contribution in [-0.2, 0) is 0 Å². The first kappa shape index (κ1) is 13.7. The third-order valence-electron chi connectivity index (χ3n) is 3.83. The molecule has 0 aliphatic carbocycles. The van der Waals surface area contributed by atoms with E-state index in [0.717, 1.165) is 31.8 Å². The molecule has 0 amide bonds. The summed E-state index contributed by atoms with van der Waals surface area (Å²) in [5.41, 5.74) is 1.18. The molecule has 1 atom stereocenters. The SMILES string of the molecule is COc1ccccc1N1CC[C@H](CNc2ncccn2)C1. The number of anilines is 2. The summed E-state index contributed by atoms with van der Waals surface area (Å²) >= 11 is 0. The molecule has 1 aromatic carbocycles. The maximum Gasteiger partial charge on any atom is 0.222 e. The second-order valence-corrected chi connectivity index (χ2v) is 5.23. The normalized spacial score (nSPS) is 17.8. The number of ether oxygens (including phenoxy) is 1. The van der Waals surface area contributed by atoms with Gasteiger partial charge in [0, 0.05) is 32.0 Å². The average Bonchev–Trinajstić information content (AvgIpc) is 3.02. The first-order valence-electron chi connectivity index (χ1n) is 7.25. The second-order valence-electron chi connectivity index (χ2n) is 5.23. The van der Waals surface area contributed by atoms with Gasteiger partial charge in [-0.1, -0.05) is 12.1 Å². The number of aromatic nitrogens is 2. The van der Waals surface area contributed by atoms with Gasteiger partial charge in [0.05, 0.1) is 12.8 Å². The largest absolute Gasteiger partial charge is 0.495 e. The molecule has 1 aromatic heterocycles. The van der Waals surface area contributed by atoms with Gasteiger partial charge < -0.3 is 15.0 Å². The lowest BCUT2D eigenvalue weighted by molar-refractivity contribution is 0.414. The molecule has 5 nitrogen and oxygen atoms in total. The number of nitrogens with one attached hydrogen (secondary N) is 1. The van der Waals surface area contributed by atoms with Gasteiger partial charge in [-0.15, -0.1) is 0 Å². The molecular formula is C16H20N4O. The summed E-state index contributed by atoms with van der Waals surface area (Å²) in [5, 5.41) is 3.31. The molecule has 2 heterocycles. The number of nitrogens with zero attached hydrogens (tertiary/aromatic N) is 3. The number of para-hydroxylation sites is 2. The Labute approximate surface area is 125 Å². The minimum absolute atomic E-state index is 0.596. The highest BCUT2D eigenvalue weighted by molar-refractivity contribution is 5.59. The quantitative estimate of drug-likeness (QED) is 0.914. The molecule has 1 aliphatic rings. The maximum atomic E-state index is 5.44. The van der Waals surface area contributed by atoms with Crippen LogP contribution in [0.5, 0.6) is 5.75 Å². The van der Waals surface area contributed by atoms with Gasteiger partial charge in [-0.05, 0) is 30.5 Å². The minimum atomic E-state index is 0.596. The van der Waals surface area contributed by atoms with Crippen LogP contribution in [0.15, 0.2) is 42.7 Å². The van der Waals surface area contributed by atoms with E-state index in [2.05, 4.69) is 32.3 Å². The molecule has 3 rings (SSSR count). The van der Waals surface area contributed by atoms with E-state index < -0.39 is 0 Å².